The van der Waals surface area contributed by atoms with E-state index in [1.54, 1.807) is 0 Å². The van der Waals surface area contributed by atoms with Gasteiger partial charge in [-0.2, -0.15) is 0 Å². The fourth-order valence-corrected chi connectivity index (χ4v) is 5.98. The molecule has 0 spiro atoms. The third kappa shape index (κ3) is 5.13. The Morgan fingerprint density at radius 3 is 2.44 bits per heavy atom. The highest BCUT2D eigenvalue weighted by Crippen LogP contribution is 2.36. The van der Waals surface area contributed by atoms with Gasteiger partial charge >= 0.3 is 0 Å². The summed E-state index contributed by atoms with van der Waals surface area (Å²) in [6.45, 7) is 14.9. The summed E-state index contributed by atoms with van der Waals surface area (Å²) in [5, 5.41) is 0. The summed E-state index contributed by atoms with van der Waals surface area (Å²) in [6, 6.07) is 19.0. The molecule has 2 bridgehead atoms. The molecule has 2 aromatic carbocycles. The van der Waals surface area contributed by atoms with Crippen LogP contribution < -0.4 is 0 Å². The van der Waals surface area contributed by atoms with E-state index in [9.17, 15) is 4.79 Å². The molecule has 0 N–H and O–H groups in total. The van der Waals surface area contributed by atoms with Gasteiger partial charge in [0, 0.05) is 50.4 Å². The summed E-state index contributed by atoms with van der Waals surface area (Å²) < 4.78 is 0. The third-order valence-corrected chi connectivity index (χ3v) is 7.87. The molecule has 4 heteroatoms. The first-order valence-corrected chi connectivity index (χ1v) is 13.2. The van der Waals surface area contributed by atoms with E-state index in [1.165, 1.54) is 36.0 Å². The number of rotatable bonds is 9. The standard InChI is InChI=1S/C30H41N3O/c1-5-19-33-27-16-17-28(33)22-32(20-18-27)29(26-11-9-10-23(6-2)21-26)24-12-14-25(15-13-24)30(34)31(7-3)8-4/h5,9-15,21,27-29H,1,6-8,16-20,22H2,2-4H3. The second kappa shape index (κ2) is 11.3. The van der Waals surface area contributed by atoms with Crippen LogP contribution in [0.1, 0.15) is 73.1 Å². The van der Waals surface area contributed by atoms with Gasteiger partial charge in [0.1, 0.15) is 0 Å². The molecule has 2 fully saturated rings. The van der Waals surface area contributed by atoms with E-state index >= 15 is 0 Å². The lowest BCUT2D eigenvalue weighted by Crippen LogP contribution is -2.40. The Hall–Kier alpha value is -2.43. The number of benzene rings is 2. The Labute approximate surface area is 206 Å². The SMILES string of the molecule is C=CCN1C2CCC1CN(C(c1ccc(C(=O)N(CC)CC)cc1)c1cccc(CC)c1)CC2. The molecule has 182 valence electrons. The Morgan fingerprint density at radius 2 is 1.76 bits per heavy atom. The number of nitrogens with zero attached hydrogens (tertiary/aromatic N) is 3. The average molecular weight is 460 g/mol. The molecular formula is C30H41N3O. The fourth-order valence-electron chi connectivity index (χ4n) is 5.98. The normalized spacial score (nSPS) is 21.7. The van der Waals surface area contributed by atoms with Gasteiger partial charge in [-0.05, 0) is 68.4 Å². The summed E-state index contributed by atoms with van der Waals surface area (Å²) in [6.07, 6.45) is 6.88. The van der Waals surface area contributed by atoms with E-state index in [0.717, 1.165) is 44.7 Å². The number of likely N-dealkylation sites (tertiary alicyclic amines) is 1. The van der Waals surface area contributed by atoms with Crippen molar-refractivity contribution in [1.29, 1.82) is 0 Å². The number of amides is 1. The molecule has 3 unspecified atom stereocenters. The maximum atomic E-state index is 12.9. The summed E-state index contributed by atoms with van der Waals surface area (Å²) in [5.41, 5.74) is 4.79. The van der Waals surface area contributed by atoms with Crippen molar-refractivity contribution in [2.75, 3.05) is 32.7 Å². The van der Waals surface area contributed by atoms with Gasteiger partial charge in [-0.25, -0.2) is 0 Å². The van der Waals surface area contributed by atoms with Crippen LogP contribution in [-0.4, -0.2) is 65.4 Å². The lowest BCUT2D eigenvalue weighted by Gasteiger charge is -2.34. The smallest absolute Gasteiger partial charge is 0.253 e. The molecule has 2 heterocycles. The van der Waals surface area contributed by atoms with Crippen LogP contribution in [0, 0.1) is 0 Å². The van der Waals surface area contributed by atoms with Crippen LogP contribution >= 0.6 is 0 Å². The largest absolute Gasteiger partial charge is 0.339 e. The minimum atomic E-state index is 0.119. The van der Waals surface area contributed by atoms with Crippen LogP contribution in [0.15, 0.2) is 61.2 Å². The van der Waals surface area contributed by atoms with Crippen LogP contribution in [0.25, 0.3) is 0 Å². The molecule has 0 saturated carbocycles. The molecule has 4 nitrogen and oxygen atoms in total. The zero-order chi connectivity index (χ0) is 24.1. The summed E-state index contributed by atoms with van der Waals surface area (Å²) >= 11 is 0. The highest BCUT2D eigenvalue weighted by atomic mass is 16.2. The molecule has 1 amide bonds. The summed E-state index contributed by atoms with van der Waals surface area (Å²) in [7, 11) is 0. The maximum absolute atomic E-state index is 12.9. The molecule has 0 radical (unpaired) electrons. The van der Waals surface area contributed by atoms with Crippen molar-refractivity contribution in [3.8, 4) is 0 Å². The lowest BCUT2D eigenvalue weighted by molar-refractivity contribution is 0.0773. The zero-order valence-electron chi connectivity index (χ0n) is 21.2. The number of carbonyl (C=O) groups is 1. The molecule has 2 saturated heterocycles. The predicted octanol–water partition coefficient (Wildman–Crippen LogP) is 5.55. The van der Waals surface area contributed by atoms with Gasteiger partial charge in [0.25, 0.3) is 5.91 Å². The second-order valence-corrected chi connectivity index (χ2v) is 9.75. The second-order valence-electron chi connectivity index (χ2n) is 9.75. The number of carbonyl (C=O) groups excluding carboxylic acids is 1. The van der Waals surface area contributed by atoms with Crippen LogP contribution in [-0.2, 0) is 6.42 Å². The van der Waals surface area contributed by atoms with Gasteiger partial charge in [-0.1, -0.05) is 49.4 Å². The van der Waals surface area contributed by atoms with E-state index in [2.05, 4.69) is 65.8 Å². The highest BCUT2D eigenvalue weighted by Gasteiger charge is 2.38. The van der Waals surface area contributed by atoms with Crippen molar-refractivity contribution in [3.05, 3.63) is 83.4 Å². The Morgan fingerprint density at radius 1 is 1.03 bits per heavy atom. The molecule has 2 aromatic rings. The molecule has 34 heavy (non-hydrogen) atoms. The molecule has 3 atom stereocenters. The Balaban J connectivity index is 1.67. The van der Waals surface area contributed by atoms with Crippen LogP contribution in [0.4, 0.5) is 0 Å². The average Bonchev–Trinajstić information content (AvgIpc) is 3.15. The molecule has 0 aromatic heterocycles. The topological polar surface area (TPSA) is 26.8 Å². The number of hydrogen-bond acceptors (Lipinski definition) is 3. The van der Waals surface area contributed by atoms with E-state index in [4.69, 9.17) is 0 Å². The number of hydrogen-bond donors (Lipinski definition) is 0. The van der Waals surface area contributed by atoms with Gasteiger partial charge in [-0.3, -0.25) is 14.6 Å². The first kappa shape index (κ1) is 24.7. The molecular weight excluding hydrogens is 418 g/mol. The van der Waals surface area contributed by atoms with Gasteiger partial charge < -0.3 is 4.90 Å². The predicted molar refractivity (Wildman–Crippen MR) is 141 cm³/mol. The van der Waals surface area contributed by atoms with E-state index in [1.807, 2.05) is 30.9 Å². The van der Waals surface area contributed by atoms with Crippen molar-refractivity contribution in [2.45, 2.75) is 64.6 Å². The van der Waals surface area contributed by atoms with Crippen molar-refractivity contribution in [3.63, 3.8) is 0 Å². The molecule has 2 aliphatic heterocycles. The monoisotopic (exact) mass is 459 g/mol. The first-order chi connectivity index (χ1) is 16.6. The van der Waals surface area contributed by atoms with E-state index in [0.29, 0.717) is 12.1 Å². The quantitative estimate of drug-likeness (QED) is 0.460. The van der Waals surface area contributed by atoms with Crippen molar-refractivity contribution in [1.82, 2.24) is 14.7 Å². The van der Waals surface area contributed by atoms with Gasteiger partial charge in [-0.15, -0.1) is 6.58 Å². The van der Waals surface area contributed by atoms with E-state index in [-0.39, 0.29) is 11.9 Å². The van der Waals surface area contributed by atoms with Crippen LogP contribution in [0.5, 0.6) is 0 Å². The zero-order valence-corrected chi connectivity index (χ0v) is 21.2. The lowest BCUT2D eigenvalue weighted by atomic mass is 9.93. The molecule has 2 aliphatic rings. The molecule has 0 aliphatic carbocycles. The summed E-state index contributed by atoms with van der Waals surface area (Å²) in [5.74, 6) is 0.119. The number of fused-ring (bicyclic) bond motifs is 2. The minimum absolute atomic E-state index is 0.119. The first-order valence-electron chi connectivity index (χ1n) is 13.2. The van der Waals surface area contributed by atoms with Crippen LogP contribution in [0.3, 0.4) is 0 Å². The minimum Gasteiger partial charge on any atom is -0.339 e. The van der Waals surface area contributed by atoms with E-state index < -0.39 is 0 Å². The van der Waals surface area contributed by atoms with Crippen LogP contribution in [0.2, 0.25) is 0 Å². The fraction of sp³-hybridized carbons (Fsp3) is 0.500. The summed E-state index contributed by atoms with van der Waals surface area (Å²) in [4.78, 5) is 20.1. The molecule has 4 rings (SSSR count). The maximum Gasteiger partial charge on any atom is 0.253 e. The van der Waals surface area contributed by atoms with Gasteiger partial charge in [0.15, 0.2) is 0 Å². The van der Waals surface area contributed by atoms with Crippen molar-refractivity contribution >= 4 is 5.91 Å². The highest BCUT2D eigenvalue weighted by molar-refractivity contribution is 5.94. The van der Waals surface area contributed by atoms with Gasteiger partial charge in [0.05, 0.1) is 6.04 Å². The Bertz CT molecular complexity index is 965. The Kier molecular flexibility index (Phi) is 8.23. The van der Waals surface area contributed by atoms with Crippen molar-refractivity contribution in [2.24, 2.45) is 0 Å². The number of aryl methyl sites for hydroxylation is 1. The van der Waals surface area contributed by atoms with Gasteiger partial charge in [0.2, 0.25) is 0 Å². The third-order valence-electron chi connectivity index (χ3n) is 7.87. The van der Waals surface area contributed by atoms with Crippen molar-refractivity contribution < 1.29 is 4.79 Å².